The average molecular weight is 540 g/mol. The number of hydrogen-bond acceptors (Lipinski definition) is 4. The maximum Gasteiger partial charge on any atom is 0.410 e. The number of amides is 3. The van der Waals surface area contributed by atoms with Crippen molar-refractivity contribution in [3.8, 4) is 0 Å². The average Bonchev–Trinajstić information content (AvgIpc) is 3.65. The summed E-state index contributed by atoms with van der Waals surface area (Å²) in [6, 6.07) is 16.1. The van der Waals surface area contributed by atoms with Crippen LogP contribution in [0.2, 0.25) is 0 Å². The number of nitrogens with one attached hydrogen (secondary N) is 1. The first-order valence-electron chi connectivity index (χ1n) is 14.2. The van der Waals surface area contributed by atoms with E-state index in [1.54, 1.807) is 9.80 Å². The number of hydrogen-bond donors (Lipinski definition) is 1. The number of anilines is 1. The van der Waals surface area contributed by atoms with E-state index in [0.717, 1.165) is 64.4 Å². The Hall–Kier alpha value is -3.87. The first kappa shape index (κ1) is 26.4. The third-order valence-electron chi connectivity index (χ3n) is 8.66. The number of piperidine rings is 1. The molecule has 7 heteroatoms. The van der Waals surface area contributed by atoms with Gasteiger partial charge >= 0.3 is 6.09 Å². The van der Waals surface area contributed by atoms with Gasteiger partial charge in [0.1, 0.15) is 5.60 Å². The number of likely N-dealkylation sites (tertiary alicyclic amines) is 1. The highest BCUT2D eigenvalue weighted by atomic mass is 16.6. The molecule has 208 valence electrons. The highest BCUT2D eigenvalue weighted by molar-refractivity contribution is 6.25. The van der Waals surface area contributed by atoms with Gasteiger partial charge in [0.2, 0.25) is 0 Å². The summed E-state index contributed by atoms with van der Waals surface area (Å²) >= 11 is 0. The summed E-state index contributed by atoms with van der Waals surface area (Å²) in [6.45, 7) is 8.90. The van der Waals surface area contributed by atoms with E-state index in [4.69, 9.17) is 4.74 Å². The number of rotatable bonds is 4. The largest absolute Gasteiger partial charge is 0.444 e. The minimum absolute atomic E-state index is 0.0102. The Morgan fingerprint density at radius 1 is 1.02 bits per heavy atom. The molecule has 0 radical (unpaired) electrons. The summed E-state index contributed by atoms with van der Waals surface area (Å²) in [7, 11) is 1.81. The van der Waals surface area contributed by atoms with Gasteiger partial charge in [0.25, 0.3) is 11.8 Å². The Morgan fingerprint density at radius 3 is 2.42 bits per heavy atom. The zero-order valence-electron chi connectivity index (χ0n) is 24.0. The van der Waals surface area contributed by atoms with E-state index in [1.807, 2.05) is 65.1 Å². The van der Waals surface area contributed by atoms with E-state index in [-0.39, 0.29) is 23.8 Å². The summed E-state index contributed by atoms with van der Waals surface area (Å²) in [6.07, 6.45) is 3.14. The zero-order valence-corrected chi connectivity index (χ0v) is 24.0. The number of carbonyl (C=O) groups is 3. The van der Waals surface area contributed by atoms with Crippen LogP contribution in [0.3, 0.4) is 0 Å². The van der Waals surface area contributed by atoms with Crippen LogP contribution in [0.5, 0.6) is 0 Å². The fraction of sp³-hybridized carbons (Fsp3) is 0.424. The molecular formula is C33H37N3O4. The van der Waals surface area contributed by atoms with Gasteiger partial charge in [-0.25, -0.2) is 4.79 Å². The van der Waals surface area contributed by atoms with Crippen LogP contribution in [-0.2, 0) is 10.3 Å². The molecule has 0 aromatic heterocycles. The standard InChI is InChI=1S/C33H37N3O4/c1-20-9-10-22(21-13-17-36(18-14-21)31(39)40-32(2,3)4)19-25(20)29(37)34-33(15-16-33)26-11-12-27-28-23(26)7-6-8-24(28)30(38)35(27)5/h6-12,19,21H,13-18H2,1-5H3,(H,34,37). The van der Waals surface area contributed by atoms with Crippen LogP contribution in [-0.4, -0.2) is 48.5 Å². The van der Waals surface area contributed by atoms with Crippen LogP contribution in [0.1, 0.15) is 89.8 Å². The van der Waals surface area contributed by atoms with Crippen molar-refractivity contribution in [1.82, 2.24) is 10.2 Å². The van der Waals surface area contributed by atoms with Crippen molar-refractivity contribution in [3.05, 3.63) is 76.3 Å². The molecule has 1 saturated carbocycles. The van der Waals surface area contributed by atoms with Gasteiger partial charge in [-0.3, -0.25) is 9.59 Å². The summed E-state index contributed by atoms with van der Waals surface area (Å²) in [5.41, 5.74) is 4.55. The Morgan fingerprint density at radius 2 is 1.75 bits per heavy atom. The van der Waals surface area contributed by atoms with Gasteiger partial charge in [0.05, 0.1) is 11.2 Å². The maximum absolute atomic E-state index is 13.7. The minimum atomic E-state index is -0.507. The quantitative estimate of drug-likeness (QED) is 0.424. The number of aryl methyl sites for hydroxylation is 1. The summed E-state index contributed by atoms with van der Waals surface area (Å²) in [5.74, 6) is 0.224. The molecule has 3 aliphatic rings. The molecule has 7 nitrogen and oxygen atoms in total. The molecule has 1 saturated heterocycles. The fourth-order valence-corrected chi connectivity index (χ4v) is 6.28. The molecule has 40 heavy (non-hydrogen) atoms. The predicted molar refractivity (Wildman–Crippen MR) is 156 cm³/mol. The molecule has 3 amide bonds. The van der Waals surface area contributed by atoms with Crippen LogP contribution in [0.15, 0.2) is 48.5 Å². The van der Waals surface area contributed by atoms with Gasteiger partial charge in [-0.15, -0.1) is 0 Å². The van der Waals surface area contributed by atoms with Crippen LogP contribution < -0.4 is 10.2 Å². The van der Waals surface area contributed by atoms with Gasteiger partial charge in [-0.05, 0) is 99.6 Å². The summed E-state index contributed by atoms with van der Waals surface area (Å²) in [5, 5.41) is 5.39. The topological polar surface area (TPSA) is 79.0 Å². The van der Waals surface area contributed by atoms with Crippen LogP contribution in [0, 0.1) is 6.92 Å². The molecule has 2 aliphatic heterocycles. The van der Waals surface area contributed by atoms with Crippen molar-refractivity contribution in [2.75, 3.05) is 25.0 Å². The van der Waals surface area contributed by atoms with E-state index >= 15 is 0 Å². The SMILES string of the molecule is Cc1ccc(C2CCN(C(=O)OC(C)(C)C)CC2)cc1C(=O)NC1(c2ccc3c4c(cccc24)C(=O)N3C)CC1. The smallest absolute Gasteiger partial charge is 0.410 e. The minimum Gasteiger partial charge on any atom is -0.444 e. The first-order valence-corrected chi connectivity index (χ1v) is 14.2. The third-order valence-corrected chi connectivity index (χ3v) is 8.66. The number of nitrogens with zero attached hydrogens (tertiary/aromatic N) is 2. The monoisotopic (exact) mass is 539 g/mol. The molecular weight excluding hydrogens is 502 g/mol. The van der Waals surface area contributed by atoms with Gasteiger partial charge < -0.3 is 19.9 Å². The van der Waals surface area contributed by atoms with Crippen molar-refractivity contribution in [2.45, 2.75) is 70.4 Å². The molecule has 2 fully saturated rings. The molecule has 0 spiro atoms. The predicted octanol–water partition coefficient (Wildman–Crippen LogP) is 6.27. The maximum atomic E-state index is 13.7. The molecule has 0 unspecified atom stereocenters. The van der Waals surface area contributed by atoms with E-state index in [9.17, 15) is 14.4 Å². The lowest BCUT2D eigenvalue weighted by Crippen LogP contribution is -2.41. The van der Waals surface area contributed by atoms with Gasteiger partial charge in [-0.2, -0.15) is 0 Å². The highest BCUT2D eigenvalue weighted by Crippen LogP contribution is 2.50. The lowest BCUT2D eigenvalue weighted by Gasteiger charge is -2.33. The lowest BCUT2D eigenvalue weighted by atomic mass is 9.87. The summed E-state index contributed by atoms with van der Waals surface area (Å²) in [4.78, 5) is 42.5. The van der Waals surface area contributed by atoms with Gasteiger partial charge in [-0.1, -0.05) is 30.3 Å². The van der Waals surface area contributed by atoms with Crippen molar-refractivity contribution >= 4 is 34.4 Å². The molecule has 1 N–H and O–H groups in total. The second-order valence-corrected chi connectivity index (χ2v) is 12.6. The highest BCUT2D eigenvalue weighted by Gasteiger charge is 2.47. The van der Waals surface area contributed by atoms with E-state index in [0.29, 0.717) is 18.7 Å². The van der Waals surface area contributed by atoms with Gasteiger partial charge in [0.15, 0.2) is 0 Å². The van der Waals surface area contributed by atoms with Crippen LogP contribution in [0.25, 0.3) is 10.8 Å². The summed E-state index contributed by atoms with van der Waals surface area (Å²) < 4.78 is 5.54. The molecule has 2 heterocycles. The molecule has 1 aliphatic carbocycles. The Balaban J connectivity index is 1.21. The third kappa shape index (κ3) is 4.51. The Kier molecular flexibility index (Phi) is 6.17. The molecule has 6 rings (SSSR count). The second-order valence-electron chi connectivity index (χ2n) is 12.6. The fourth-order valence-electron chi connectivity index (χ4n) is 6.28. The molecule has 3 aromatic rings. The van der Waals surface area contributed by atoms with Crippen molar-refractivity contribution in [1.29, 1.82) is 0 Å². The van der Waals surface area contributed by atoms with Crippen molar-refractivity contribution in [3.63, 3.8) is 0 Å². The molecule has 0 bridgehead atoms. The normalized spacial score (nSPS) is 18.3. The number of benzene rings is 3. The van der Waals surface area contributed by atoms with Crippen molar-refractivity contribution < 1.29 is 19.1 Å². The van der Waals surface area contributed by atoms with E-state index in [2.05, 4.69) is 23.5 Å². The van der Waals surface area contributed by atoms with Gasteiger partial charge in [0, 0.05) is 36.7 Å². The molecule has 0 atom stereocenters. The number of carbonyl (C=O) groups excluding carboxylic acids is 3. The first-order chi connectivity index (χ1) is 19.0. The van der Waals surface area contributed by atoms with Crippen LogP contribution in [0.4, 0.5) is 10.5 Å². The van der Waals surface area contributed by atoms with E-state index < -0.39 is 11.1 Å². The van der Waals surface area contributed by atoms with Crippen molar-refractivity contribution in [2.24, 2.45) is 0 Å². The Labute approximate surface area is 235 Å². The van der Waals surface area contributed by atoms with Crippen LogP contribution >= 0.6 is 0 Å². The lowest BCUT2D eigenvalue weighted by molar-refractivity contribution is 0.0204. The van der Waals surface area contributed by atoms with E-state index in [1.165, 1.54) is 0 Å². The Bertz CT molecular complexity index is 1540. The zero-order chi connectivity index (χ0) is 28.4. The molecule has 3 aromatic carbocycles. The number of ether oxygens (including phenoxy) is 1. The second kappa shape index (κ2) is 9.36.